The summed E-state index contributed by atoms with van der Waals surface area (Å²) in [4.78, 5) is 3.84. The third-order valence-corrected chi connectivity index (χ3v) is 5.03. The van der Waals surface area contributed by atoms with Crippen molar-refractivity contribution >= 4 is 11.3 Å². The number of nitrogens with zero attached hydrogens (tertiary/aromatic N) is 1. The Bertz CT molecular complexity index is 531. The molecule has 1 heterocycles. The highest BCUT2D eigenvalue weighted by Crippen LogP contribution is 2.26. The van der Waals surface area contributed by atoms with Crippen LogP contribution in [-0.2, 0) is 6.42 Å². The second-order valence-electron chi connectivity index (χ2n) is 6.01. The zero-order chi connectivity index (χ0) is 15.4. The minimum Gasteiger partial charge on any atom is -0.326 e. The molecule has 3 unspecified atom stereocenters. The van der Waals surface area contributed by atoms with E-state index in [-0.39, 0.29) is 12.1 Å². The molecule has 0 spiro atoms. The van der Waals surface area contributed by atoms with Crippen LogP contribution in [0, 0.1) is 6.92 Å². The number of hydrogen-bond acceptors (Lipinski definition) is 3. The van der Waals surface area contributed by atoms with Gasteiger partial charge in [0.05, 0.1) is 0 Å². The van der Waals surface area contributed by atoms with E-state index in [9.17, 15) is 0 Å². The van der Waals surface area contributed by atoms with Crippen molar-refractivity contribution in [3.63, 3.8) is 0 Å². The van der Waals surface area contributed by atoms with Gasteiger partial charge in [0.15, 0.2) is 0 Å². The highest BCUT2D eigenvalue weighted by atomic mass is 32.1. The van der Waals surface area contributed by atoms with Crippen molar-refractivity contribution in [2.45, 2.75) is 45.3 Å². The zero-order valence-electron chi connectivity index (χ0n) is 13.4. The van der Waals surface area contributed by atoms with Crippen LogP contribution in [0.2, 0.25) is 0 Å². The van der Waals surface area contributed by atoms with Crippen LogP contribution >= 0.6 is 11.3 Å². The van der Waals surface area contributed by atoms with Gasteiger partial charge in [-0.05, 0) is 51.2 Å². The molecule has 0 saturated heterocycles. The fourth-order valence-corrected chi connectivity index (χ4v) is 3.64. The monoisotopic (exact) mass is 302 g/mol. The molecule has 2 aromatic rings. The quantitative estimate of drug-likeness (QED) is 0.873. The van der Waals surface area contributed by atoms with Gasteiger partial charge in [0.25, 0.3) is 0 Å². The van der Waals surface area contributed by atoms with Gasteiger partial charge in [0, 0.05) is 23.0 Å². The standard InChI is InChI=1S/C18H26N2S/c1-13-7-9-16(10-8-13)18(15(3)19)20(4)14(2)12-17-6-5-11-21-17/h5-11,14-15,18H,12,19H2,1-4H3. The Morgan fingerprint density at radius 2 is 1.81 bits per heavy atom. The largest absolute Gasteiger partial charge is 0.326 e. The lowest BCUT2D eigenvalue weighted by Gasteiger charge is -2.36. The van der Waals surface area contributed by atoms with E-state index < -0.39 is 0 Å². The van der Waals surface area contributed by atoms with Gasteiger partial charge in [-0.2, -0.15) is 0 Å². The van der Waals surface area contributed by atoms with Crippen LogP contribution in [0.3, 0.4) is 0 Å². The molecule has 2 N–H and O–H groups in total. The van der Waals surface area contributed by atoms with E-state index in [2.05, 4.69) is 74.5 Å². The summed E-state index contributed by atoms with van der Waals surface area (Å²) in [6.07, 6.45) is 1.07. The smallest absolute Gasteiger partial charge is 0.0496 e. The first-order chi connectivity index (χ1) is 9.99. The van der Waals surface area contributed by atoms with Gasteiger partial charge in [-0.3, -0.25) is 4.90 Å². The molecule has 21 heavy (non-hydrogen) atoms. The molecule has 0 aliphatic heterocycles. The zero-order valence-corrected chi connectivity index (χ0v) is 14.2. The molecule has 0 aliphatic carbocycles. The lowest BCUT2D eigenvalue weighted by Crippen LogP contribution is -2.42. The van der Waals surface area contributed by atoms with E-state index in [0.717, 1.165) is 6.42 Å². The molecular formula is C18H26N2S. The third-order valence-electron chi connectivity index (χ3n) is 4.13. The van der Waals surface area contributed by atoms with Gasteiger partial charge in [-0.25, -0.2) is 0 Å². The SMILES string of the molecule is Cc1ccc(C(C(C)N)N(C)C(C)Cc2cccs2)cc1. The molecule has 0 radical (unpaired) electrons. The van der Waals surface area contributed by atoms with E-state index in [4.69, 9.17) is 5.73 Å². The van der Waals surface area contributed by atoms with Crippen LogP contribution in [0.15, 0.2) is 41.8 Å². The number of likely N-dealkylation sites (N-methyl/N-ethyl adjacent to an activating group) is 1. The first-order valence-electron chi connectivity index (χ1n) is 7.55. The fourth-order valence-electron chi connectivity index (χ4n) is 2.81. The van der Waals surface area contributed by atoms with Gasteiger partial charge in [-0.15, -0.1) is 11.3 Å². The summed E-state index contributed by atoms with van der Waals surface area (Å²) in [5.74, 6) is 0. The van der Waals surface area contributed by atoms with Crippen LogP contribution < -0.4 is 5.73 Å². The molecular weight excluding hydrogens is 276 g/mol. The van der Waals surface area contributed by atoms with Crippen molar-refractivity contribution in [1.29, 1.82) is 0 Å². The number of nitrogens with two attached hydrogens (primary N) is 1. The molecule has 0 saturated carbocycles. The first kappa shape index (κ1) is 16.2. The average molecular weight is 302 g/mol. The maximum Gasteiger partial charge on any atom is 0.0496 e. The molecule has 3 heteroatoms. The fraction of sp³-hybridized carbons (Fsp3) is 0.444. The first-order valence-corrected chi connectivity index (χ1v) is 8.43. The molecule has 1 aromatic carbocycles. The second kappa shape index (κ2) is 7.21. The van der Waals surface area contributed by atoms with Crippen LogP contribution in [0.1, 0.15) is 35.9 Å². The van der Waals surface area contributed by atoms with Gasteiger partial charge in [0.2, 0.25) is 0 Å². The Morgan fingerprint density at radius 1 is 1.14 bits per heavy atom. The summed E-state index contributed by atoms with van der Waals surface area (Å²) >= 11 is 1.83. The molecule has 0 amide bonds. The Labute approximate surface area is 132 Å². The van der Waals surface area contributed by atoms with Crippen molar-refractivity contribution in [2.75, 3.05) is 7.05 Å². The van der Waals surface area contributed by atoms with Crippen LogP contribution in [0.25, 0.3) is 0 Å². The van der Waals surface area contributed by atoms with Crippen LogP contribution in [0.4, 0.5) is 0 Å². The minimum atomic E-state index is 0.100. The predicted molar refractivity (Wildman–Crippen MR) is 92.8 cm³/mol. The van der Waals surface area contributed by atoms with E-state index in [1.54, 1.807) is 0 Å². The molecule has 2 nitrogen and oxygen atoms in total. The Kier molecular flexibility index (Phi) is 5.57. The average Bonchev–Trinajstić information content (AvgIpc) is 2.93. The van der Waals surface area contributed by atoms with Crippen molar-refractivity contribution < 1.29 is 0 Å². The normalized spacial score (nSPS) is 15.9. The van der Waals surface area contributed by atoms with Crippen LogP contribution in [0.5, 0.6) is 0 Å². The van der Waals surface area contributed by atoms with E-state index >= 15 is 0 Å². The maximum absolute atomic E-state index is 6.28. The molecule has 2 rings (SSSR count). The number of aryl methyl sites for hydroxylation is 1. The van der Waals surface area contributed by atoms with Crippen molar-refractivity contribution in [2.24, 2.45) is 5.73 Å². The number of benzene rings is 1. The maximum atomic E-state index is 6.28. The van der Waals surface area contributed by atoms with E-state index in [1.165, 1.54) is 16.0 Å². The Hall–Kier alpha value is -1.16. The van der Waals surface area contributed by atoms with Gasteiger partial charge in [-0.1, -0.05) is 35.9 Å². The van der Waals surface area contributed by atoms with Crippen molar-refractivity contribution in [3.8, 4) is 0 Å². The lowest BCUT2D eigenvalue weighted by molar-refractivity contribution is 0.164. The summed E-state index contributed by atoms with van der Waals surface area (Å²) in [5.41, 5.74) is 8.87. The molecule has 0 aliphatic rings. The molecule has 0 fully saturated rings. The number of rotatable bonds is 6. The third kappa shape index (κ3) is 4.16. The Balaban J connectivity index is 2.15. The highest BCUT2D eigenvalue weighted by Gasteiger charge is 2.25. The topological polar surface area (TPSA) is 29.3 Å². The van der Waals surface area contributed by atoms with E-state index in [1.807, 2.05) is 11.3 Å². The lowest BCUT2D eigenvalue weighted by atomic mass is 9.96. The molecule has 114 valence electrons. The van der Waals surface area contributed by atoms with E-state index in [0.29, 0.717) is 6.04 Å². The predicted octanol–water partition coefficient (Wildman–Crippen LogP) is 4.01. The summed E-state index contributed by atoms with van der Waals surface area (Å²) < 4.78 is 0. The van der Waals surface area contributed by atoms with Crippen molar-refractivity contribution in [3.05, 3.63) is 57.8 Å². The summed E-state index contributed by atoms with van der Waals surface area (Å²) in [6.45, 7) is 6.50. The van der Waals surface area contributed by atoms with Crippen LogP contribution in [-0.4, -0.2) is 24.0 Å². The van der Waals surface area contributed by atoms with Gasteiger partial charge >= 0.3 is 0 Å². The summed E-state index contributed by atoms with van der Waals surface area (Å²) in [6, 6.07) is 13.9. The minimum absolute atomic E-state index is 0.100. The summed E-state index contributed by atoms with van der Waals surface area (Å²) in [5, 5.41) is 2.14. The number of hydrogen-bond donors (Lipinski definition) is 1. The van der Waals surface area contributed by atoms with Gasteiger partial charge in [0.1, 0.15) is 0 Å². The molecule has 1 aromatic heterocycles. The Morgan fingerprint density at radius 3 is 2.33 bits per heavy atom. The molecule has 0 bridgehead atoms. The molecule has 3 atom stereocenters. The summed E-state index contributed by atoms with van der Waals surface area (Å²) in [7, 11) is 2.19. The van der Waals surface area contributed by atoms with Gasteiger partial charge < -0.3 is 5.73 Å². The van der Waals surface area contributed by atoms with Crippen molar-refractivity contribution in [1.82, 2.24) is 4.90 Å². The number of thiophene rings is 1. The highest BCUT2D eigenvalue weighted by molar-refractivity contribution is 7.09. The second-order valence-corrected chi connectivity index (χ2v) is 7.04.